The van der Waals surface area contributed by atoms with Gasteiger partial charge < -0.3 is 31.9 Å². The van der Waals surface area contributed by atoms with Gasteiger partial charge in [-0.3, -0.25) is 33.8 Å². The summed E-state index contributed by atoms with van der Waals surface area (Å²) in [6, 6.07) is -1.88. The molecule has 0 aromatic heterocycles. The number of likely N-dealkylation sites (tertiary alicyclic amines) is 1. The predicted molar refractivity (Wildman–Crippen MR) is 213 cm³/mol. The van der Waals surface area contributed by atoms with Gasteiger partial charge in [0.25, 0.3) is 11.8 Å². The van der Waals surface area contributed by atoms with Gasteiger partial charge in [-0.25, -0.2) is 0 Å². The molecular weight excluding hydrogens is 674 g/mol. The van der Waals surface area contributed by atoms with Crippen LogP contribution in [0, 0.1) is 17.3 Å². The lowest BCUT2D eigenvalue weighted by atomic mass is 9.82. The standard InChI is InChI=1S/C24H41N5O3.C11H16N2O3.C3H8.C2H6/c1-16-10-9-15-29(16)23(32)20(24(3,4)5)28-22(31)19(18-11-7-6-8-12-18)27-21(30)17(2)26-14-13-25;1-2-5-12-11(16)10(15)9(13-7-14)6-8-3-4-8;1-3-2;1-2/h13-14,16,18-20H,6-12,15,25H2,1-5H3,(H,27,30)(H,28,31);2,7-9H,1,3-6H2,(H,12,16)(H,13,14);3H2,1-2H3;1-2H3/b14-13-,26-17?;;;/t16?,19?,20-;;;/m1.../s1. The van der Waals surface area contributed by atoms with E-state index in [1.807, 2.05) is 39.5 Å². The molecule has 13 heteroatoms. The molecule has 6 N–H and O–H groups in total. The Kier molecular flexibility index (Phi) is 24.7. The van der Waals surface area contributed by atoms with Crippen molar-refractivity contribution in [3.63, 3.8) is 0 Å². The van der Waals surface area contributed by atoms with Crippen molar-refractivity contribution in [1.82, 2.24) is 26.2 Å². The summed E-state index contributed by atoms with van der Waals surface area (Å²) >= 11 is 0. The summed E-state index contributed by atoms with van der Waals surface area (Å²) in [6.07, 6.45) is 15.4. The zero-order valence-electron chi connectivity index (χ0n) is 34.1. The fraction of sp³-hybridized carbons (Fsp3) is 0.725. The number of carbonyl (C=O) groups is 6. The summed E-state index contributed by atoms with van der Waals surface area (Å²) in [5, 5.41) is 10.7. The lowest BCUT2D eigenvalue weighted by Crippen LogP contribution is -2.60. The van der Waals surface area contributed by atoms with Crippen LogP contribution in [0.3, 0.4) is 0 Å². The molecule has 0 aromatic rings. The molecule has 5 amide bonds. The number of ketones is 1. The number of hydrogen-bond donors (Lipinski definition) is 5. The van der Waals surface area contributed by atoms with Crippen LogP contribution in [0.1, 0.15) is 133 Å². The van der Waals surface area contributed by atoms with Crippen molar-refractivity contribution in [1.29, 1.82) is 0 Å². The molecule has 3 fully saturated rings. The Balaban J connectivity index is 0.00000107. The summed E-state index contributed by atoms with van der Waals surface area (Å²) in [7, 11) is 0. The average molecular weight is 746 g/mol. The van der Waals surface area contributed by atoms with E-state index in [4.69, 9.17) is 5.73 Å². The van der Waals surface area contributed by atoms with Crippen molar-refractivity contribution in [2.75, 3.05) is 13.1 Å². The van der Waals surface area contributed by atoms with Crippen LogP contribution >= 0.6 is 0 Å². The van der Waals surface area contributed by atoms with Crippen molar-refractivity contribution in [2.24, 2.45) is 28.0 Å². The zero-order valence-corrected chi connectivity index (χ0v) is 34.1. The Morgan fingerprint density at radius 2 is 1.55 bits per heavy atom. The minimum absolute atomic E-state index is 0.0342. The number of hydrogen-bond acceptors (Lipinski definition) is 8. The number of amides is 5. The van der Waals surface area contributed by atoms with Gasteiger partial charge >= 0.3 is 0 Å². The molecule has 0 aromatic carbocycles. The van der Waals surface area contributed by atoms with E-state index in [1.165, 1.54) is 24.9 Å². The third kappa shape index (κ3) is 18.5. The largest absolute Gasteiger partial charge is 0.403 e. The van der Waals surface area contributed by atoms with E-state index in [0.717, 1.165) is 64.3 Å². The van der Waals surface area contributed by atoms with Gasteiger partial charge in [0.15, 0.2) is 0 Å². The van der Waals surface area contributed by atoms with Crippen molar-refractivity contribution in [2.45, 2.75) is 157 Å². The molecule has 302 valence electrons. The maximum Gasteiger partial charge on any atom is 0.289 e. The van der Waals surface area contributed by atoms with Gasteiger partial charge in [0.1, 0.15) is 17.8 Å². The SMILES string of the molecule is C=CCNC(=O)C(=O)C(CC1CC1)NC=O.CC.CC(=N/C=C\N)C(=O)NC(C(=O)N[C@H](C(=O)N1CCCC1C)C(C)(C)C)C1CCCCC1.CCC. The van der Waals surface area contributed by atoms with Gasteiger partial charge in [-0.05, 0) is 63.2 Å². The van der Waals surface area contributed by atoms with E-state index in [0.29, 0.717) is 18.7 Å². The highest BCUT2D eigenvalue weighted by atomic mass is 16.2. The number of nitrogens with one attached hydrogen (secondary N) is 4. The molecule has 1 aliphatic heterocycles. The van der Waals surface area contributed by atoms with E-state index in [1.54, 1.807) is 6.92 Å². The first kappa shape index (κ1) is 49.0. The summed E-state index contributed by atoms with van der Waals surface area (Å²) in [6.45, 7) is 22.2. The summed E-state index contributed by atoms with van der Waals surface area (Å²) in [4.78, 5) is 78.8. The molecule has 1 saturated heterocycles. The molecule has 4 atom stereocenters. The molecule has 2 saturated carbocycles. The fourth-order valence-electron chi connectivity index (χ4n) is 6.06. The summed E-state index contributed by atoms with van der Waals surface area (Å²) in [5.41, 5.74) is 5.08. The zero-order chi connectivity index (χ0) is 40.6. The molecule has 13 nitrogen and oxygen atoms in total. The molecule has 3 rings (SSSR count). The first-order chi connectivity index (χ1) is 25.2. The van der Waals surface area contributed by atoms with Crippen LogP contribution in [0.25, 0.3) is 0 Å². The number of carbonyl (C=O) groups excluding carboxylic acids is 6. The van der Waals surface area contributed by atoms with Crippen molar-refractivity contribution < 1.29 is 28.8 Å². The first-order valence-electron chi connectivity index (χ1n) is 19.6. The second-order valence-corrected chi connectivity index (χ2v) is 14.8. The lowest BCUT2D eigenvalue weighted by Gasteiger charge is -2.37. The smallest absolute Gasteiger partial charge is 0.289 e. The highest BCUT2D eigenvalue weighted by Crippen LogP contribution is 2.33. The van der Waals surface area contributed by atoms with Crippen LogP contribution in [-0.2, 0) is 28.8 Å². The lowest BCUT2D eigenvalue weighted by molar-refractivity contribution is -0.141. The monoisotopic (exact) mass is 746 g/mol. The fourth-order valence-corrected chi connectivity index (χ4v) is 6.06. The van der Waals surface area contributed by atoms with E-state index >= 15 is 0 Å². The van der Waals surface area contributed by atoms with E-state index in [9.17, 15) is 28.8 Å². The average Bonchev–Trinajstić information content (AvgIpc) is 3.86. The Morgan fingerprint density at radius 1 is 0.943 bits per heavy atom. The second-order valence-electron chi connectivity index (χ2n) is 14.8. The number of nitrogens with two attached hydrogens (primary N) is 1. The molecular formula is C40H71N7O6. The van der Waals surface area contributed by atoms with Gasteiger partial charge in [-0.1, -0.05) is 93.1 Å². The Hall–Kier alpha value is -4.03. The molecule has 0 bridgehead atoms. The highest BCUT2D eigenvalue weighted by molar-refractivity contribution is 6.38. The van der Waals surface area contributed by atoms with Crippen LogP contribution in [0.15, 0.2) is 30.0 Å². The Labute approximate surface area is 319 Å². The van der Waals surface area contributed by atoms with Gasteiger partial charge in [0, 0.05) is 31.5 Å². The topological polar surface area (TPSA) is 192 Å². The van der Waals surface area contributed by atoms with Gasteiger partial charge in [-0.15, -0.1) is 6.58 Å². The van der Waals surface area contributed by atoms with E-state index in [2.05, 4.69) is 53.6 Å². The molecule has 1 heterocycles. The maximum atomic E-state index is 13.5. The second kappa shape index (κ2) is 26.7. The van der Waals surface area contributed by atoms with Crippen LogP contribution in [0.5, 0.6) is 0 Å². The Bertz CT molecular complexity index is 1220. The van der Waals surface area contributed by atoms with Crippen molar-refractivity contribution >= 4 is 41.5 Å². The minimum atomic E-state index is -0.705. The molecule has 0 spiro atoms. The van der Waals surface area contributed by atoms with Crippen LogP contribution in [0.4, 0.5) is 0 Å². The normalized spacial score (nSPS) is 18.9. The summed E-state index contributed by atoms with van der Waals surface area (Å²) in [5.74, 6) is -1.50. The van der Waals surface area contributed by atoms with Crippen LogP contribution in [-0.4, -0.2) is 83.7 Å². The minimum Gasteiger partial charge on any atom is -0.403 e. The number of aliphatic imine (C=N–C) groups is 1. The van der Waals surface area contributed by atoms with E-state index in [-0.39, 0.29) is 36.0 Å². The number of rotatable bonds is 15. The molecule has 3 unspecified atom stereocenters. The van der Waals surface area contributed by atoms with E-state index < -0.39 is 41.1 Å². The third-order valence-electron chi connectivity index (χ3n) is 9.09. The maximum absolute atomic E-state index is 13.5. The van der Waals surface area contributed by atoms with Crippen molar-refractivity contribution in [3.05, 3.63) is 25.1 Å². The van der Waals surface area contributed by atoms with Gasteiger partial charge in [-0.2, -0.15) is 0 Å². The number of nitrogens with zero attached hydrogens (tertiary/aromatic N) is 2. The molecule has 53 heavy (non-hydrogen) atoms. The van der Waals surface area contributed by atoms with Gasteiger partial charge in [0.05, 0.1) is 6.04 Å². The van der Waals surface area contributed by atoms with Crippen molar-refractivity contribution in [3.8, 4) is 0 Å². The molecule has 2 aliphatic carbocycles. The van der Waals surface area contributed by atoms with Gasteiger partial charge in [0.2, 0.25) is 24.0 Å². The molecule has 0 radical (unpaired) electrons. The molecule has 3 aliphatic rings. The highest BCUT2D eigenvalue weighted by Gasteiger charge is 2.41. The van der Waals surface area contributed by atoms with Crippen LogP contribution in [0.2, 0.25) is 0 Å². The van der Waals surface area contributed by atoms with Crippen LogP contribution < -0.4 is 27.0 Å². The number of Topliss-reactive ketones (excluding diaryl/α,β-unsaturated/α-hetero) is 1. The Morgan fingerprint density at radius 3 is 2.02 bits per heavy atom. The summed E-state index contributed by atoms with van der Waals surface area (Å²) < 4.78 is 0. The quantitative estimate of drug-likeness (QED) is 0.0694. The predicted octanol–water partition coefficient (Wildman–Crippen LogP) is 4.70. The first-order valence-corrected chi connectivity index (χ1v) is 19.6. The third-order valence-corrected chi connectivity index (χ3v) is 9.09.